The molecule has 0 saturated heterocycles. The van der Waals surface area contributed by atoms with Gasteiger partial charge in [-0.25, -0.2) is 4.68 Å². The fraction of sp³-hybridized carbons (Fsp3) is 0.111. The van der Waals surface area contributed by atoms with Crippen molar-refractivity contribution in [3.05, 3.63) is 70.9 Å². The molecule has 4 aromatic rings. The second-order valence-corrected chi connectivity index (χ2v) is 6.07. The van der Waals surface area contributed by atoms with Gasteiger partial charge in [0.15, 0.2) is 5.82 Å². The Bertz CT molecular complexity index is 1030. The monoisotopic (exact) mass is 350 g/mol. The molecule has 0 atom stereocenters. The number of aromatic nitrogens is 5. The number of nitrogens with one attached hydrogen (secondary N) is 1. The van der Waals surface area contributed by atoms with Crippen molar-refractivity contribution in [2.75, 3.05) is 5.32 Å². The number of hydrogen-bond acceptors (Lipinski definition) is 5. The molecule has 0 unspecified atom stereocenters. The van der Waals surface area contributed by atoms with E-state index in [0.717, 1.165) is 28.0 Å². The van der Waals surface area contributed by atoms with Gasteiger partial charge >= 0.3 is 0 Å². The number of rotatable bonds is 4. The molecule has 124 valence electrons. The minimum Gasteiger partial charge on any atom is -0.337 e. The van der Waals surface area contributed by atoms with Crippen LogP contribution in [0.5, 0.6) is 0 Å². The molecule has 4 rings (SSSR count). The van der Waals surface area contributed by atoms with Gasteiger partial charge in [0.05, 0.1) is 12.2 Å². The highest BCUT2D eigenvalue weighted by Gasteiger charge is 2.16. The quantitative estimate of drug-likeness (QED) is 0.603. The summed E-state index contributed by atoms with van der Waals surface area (Å²) in [6.45, 7) is 2.38. The predicted octanol–water partition coefficient (Wildman–Crippen LogP) is 3.98. The van der Waals surface area contributed by atoms with Crippen LogP contribution in [0.15, 0.2) is 54.6 Å². The van der Waals surface area contributed by atoms with Crippen LogP contribution in [0.2, 0.25) is 5.02 Å². The van der Waals surface area contributed by atoms with E-state index in [4.69, 9.17) is 11.6 Å². The lowest BCUT2D eigenvalue weighted by Crippen LogP contribution is -2.06. The van der Waals surface area contributed by atoms with E-state index in [2.05, 4.69) is 25.8 Å². The smallest absolute Gasteiger partial charge is 0.181 e. The second-order valence-electron chi connectivity index (χ2n) is 5.66. The van der Waals surface area contributed by atoms with E-state index >= 15 is 0 Å². The third kappa shape index (κ3) is 3.04. The first-order chi connectivity index (χ1) is 12.2. The summed E-state index contributed by atoms with van der Waals surface area (Å²) in [6, 6.07) is 17.5. The fourth-order valence-electron chi connectivity index (χ4n) is 2.65. The molecule has 0 aliphatic heterocycles. The van der Waals surface area contributed by atoms with Gasteiger partial charge in [-0.1, -0.05) is 53.2 Å². The van der Waals surface area contributed by atoms with Crippen molar-refractivity contribution in [1.29, 1.82) is 0 Å². The summed E-state index contributed by atoms with van der Waals surface area (Å²) in [5, 5.41) is 21.0. The maximum atomic E-state index is 6.29. The highest BCUT2D eigenvalue weighted by Crippen LogP contribution is 2.25. The zero-order valence-electron chi connectivity index (χ0n) is 13.5. The third-order valence-electron chi connectivity index (χ3n) is 3.92. The van der Waals surface area contributed by atoms with Gasteiger partial charge in [-0.15, -0.1) is 10.2 Å². The second kappa shape index (κ2) is 6.49. The fourth-order valence-corrected chi connectivity index (χ4v) is 2.85. The third-order valence-corrected chi connectivity index (χ3v) is 4.29. The van der Waals surface area contributed by atoms with Crippen molar-refractivity contribution in [1.82, 2.24) is 25.2 Å². The van der Waals surface area contributed by atoms with E-state index in [-0.39, 0.29) is 0 Å². The van der Waals surface area contributed by atoms with Crippen molar-refractivity contribution >= 4 is 34.1 Å². The van der Waals surface area contributed by atoms with Crippen molar-refractivity contribution in [2.45, 2.75) is 13.5 Å². The molecule has 1 N–H and O–H groups in total. The molecule has 0 bridgehead atoms. The van der Waals surface area contributed by atoms with Gasteiger partial charge in [0, 0.05) is 10.7 Å². The molecule has 25 heavy (non-hydrogen) atoms. The lowest BCUT2D eigenvalue weighted by atomic mass is 10.2. The van der Waals surface area contributed by atoms with Gasteiger partial charge in [-0.2, -0.15) is 5.10 Å². The Balaban J connectivity index is 1.80. The number of anilines is 2. The van der Waals surface area contributed by atoms with E-state index in [1.807, 2.05) is 61.5 Å². The predicted molar refractivity (Wildman–Crippen MR) is 98.1 cm³/mol. The Kier molecular flexibility index (Phi) is 4.03. The Labute approximate surface area is 149 Å². The average Bonchev–Trinajstić information content (AvgIpc) is 3.05. The summed E-state index contributed by atoms with van der Waals surface area (Å²) in [5.41, 5.74) is 4.15. The SMILES string of the molecule is Cc1nnc(Nc2ccccc2)c2c1nnn2Cc1ccccc1Cl. The Hall–Kier alpha value is -2.99. The maximum absolute atomic E-state index is 6.29. The zero-order chi connectivity index (χ0) is 17.2. The van der Waals surface area contributed by atoms with E-state index in [9.17, 15) is 0 Å². The number of benzene rings is 2. The standard InChI is InChI=1S/C18H15ClN6/c1-12-16-17(18(23-21-12)20-14-8-3-2-4-9-14)25(24-22-16)11-13-7-5-6-10-15(13)19/h2-10H,11H2,1H3,(H,20,23). The first kappa shape index (κ1) is 15.5. The minimum atomic E-state index is 0.505. The number of halogens is 1. The van der Waals surface area contributed by atoms with Crippen LogP contribution < -0.4 is 5.32 Å². The van der Waals surface area contributed by atoms with E-state index in [1.165, 1.54) is 0 Å². The molecule has 7 heteroatoms. The van der Waals surface area contributed by atoms with Crippen molar-refractivity contribution in [2.24, 2.45) is 0 Å². The number of aryl methyl sites for hydroxylation is 1. The molecule has 0 aliphatic carbocycles. The Morgan fingerprint density at radius 2 is 1.72 bits per heavy atom. The van der Waals surface area contributed by atoms with Crippen LogP contribution in [-0.4, -0.2) is 25.2 Å². The molecule has 0 saturated carbocycles. The minimum absolute atomic E-state index is 0.505. The highest BCUT2D eigenvalue weighted by atomic mass is 35.5. The summed E-state index contributed by atoms with van der Waals surface area (Å²) in [7, 11) is 0. The summed E-state index contributed by atoms with van der Waals surface area (Å²) in [4.78, 5) is 0. The molecule has 0 amide bonds. The molecule has 0 fully saturated rings. The summed E-state index contributed by atoms with van der Waals surface area (Å²) in [5.74, 6) is 0.615. The zero-order valence-corrected chi connectivity index (χ0v) is 14.3. The molecule has 6 nitrogen and oxygen atoms in total. The van der Waals surface area contributed by atoms with Gasteiger partial charge < -0.3 is 5.32 Å². The van der Waals surface area contributed by atoms with E-state index < -0.39 is 0 Å². The lowest BCUT2D eigenvalue weighted by molar-refractivity contribution is 0.670. The van der Waals surface area contributed by atoms with Crippen LogP contribution >= 0.6 is 11.6 Å². The molecular formula is C18H15ClN6. The topological polar surface area (TPSA) is 68.5 Å². The first-order valence-corrected chi connectivity index (χ1v) is 8.22. The van der Waals surface area contributed by atoms with Crippen LogP contribution in [0.4, 0.5) is 11.5 Å². The summed E-state index contributed by atoms with van der Waals surface area (Å²) in [6.07, 6.45) is 0. The molecular weight excluding hydrogens is 336 g/mol. The highest BCUT2D eigenvalue weighted by molar-refractivity contribution is 6.31. The van der Waals surface area contributed by atoms with Crippen molar-refractivity contribution < 1.29 is 0 Å². The number of para-hydroxylation sites is 1. The van der Waals surface area contributed by atoms with Crippen LogP contribution in [0.3, 0.4) is 0 Å². The summed E-state index contributed by atoms with van der Waals surface area (Å²) < 4.78 is 1.80. The van der Waals surface area contributed by atoms with Gasteiger partial charge in [-0.05, 0) is 30.7 Å². The Morgan fingerprint density at radius 3 is 2.52 bits per heavy atom. The van der Waals surface area contributed by atoms with Gasteiger partial charge in [0.2, 0.25) is 0 Å². The molecule has 2 aromatic heterocycles. The Morgan fingerprint density at radius 1 is 0.960 bits per heavy atom. The van der Waals surface area contributed by atoms with Crippen molar-refractivity contribution in [3.8, 4) is 0 Å². The first-order valence-electron chi connectivity index (χ1n) is 7.84. The average molecular weight is 351 g/mol. The van der Waals surface area contributed by atoms with Crippen molar-refractivity contribution in [3.63, 3.8) is 0 Å². The normalized spacial score (nSPS) is 11.0. The molecule has 0 aliphatic rings. The summed E-state index contributed by atoms with van der Waals surface area (Å²) >= 11 is 6.29. The molecule has 0 radical (unpaired) electrons. The van der Waals surface area contributed by atoms with Gasteiger partial charge in [-0.3, -0.25) is 0 Å². The molecule has 0 spiro atoms. The van der Waals surface area contributed by atoms with Crippen LogP contribution in [0.1, 0.15) is 11.3 Å². The molecule has 2 heterocycles. The van der Waals surface area contributed by atoms with Gasteiger partial charge in [0.1, 0.15) is 11.0 Å². The number of hydrogen-bond donors (Lipinski definition) is 1. The van der Waals surface area contributed by atoms with Gasteiger partial charge in [0.25, 0.3) is 0 Å². The lowest BCUT2D eigenvalue weighted by Gasteiger charge is -2.09. The number of fused-ring (bicyclic) bond motifs is 1. The van der Waals surface area contributed by atoms with E-state index in [0.29, 0.717) is 17.4 Å². The van der Waals surface area contributed by atoms with Crippen LogP contribution in [0, 0.1) is 6.92 Å². The van der Waals surface area contributed by atoms with Crippen LogP contribution in [0.25, 0.3) is 11.0 Å². The number of nitrogens with zero attached hydrogens (tertiary/aromatic N) is 5. The van der Waals surface area contributed by atoms with E-state index in [1.54, 1.807) is 4.68 Å². The molecule has 2 aromatic carbocycles. The van der Waals surface area contributed by atoms with Crippen LogP contribution in [-0.2, 0) is 6.54 Å². The maximum Gasteiger partial charge on any atom is 0.181 e. The largest absolute Gasteiger partial charge is 0.337 e.